The summed E-state index contributed by atoms with van der Waals surface area (Å²) in [6.45, 7) is 3.89. The molecule has 34 heavy (non-hydrogen) atoms. The number of pyridine rings is 1. The molecule has 0 bridgehead atoms. The molecule has 1 saturated carbocycles. The van der Waals surface area contributed by atoms with Crippen LogP contribution in [0.25, 0.3) is 39.3 Å². The molecule has 0 aliphatic heterocycles. The van der Waals surface area contributed by atoms with E-state index < -0.39 is 11.1 Å². The Hall–Kier alpha value is -3.68. The maximum Gasteiger partial charge on any atom is 0.166 e. The van der Waals surface area contributed by atoms with Gasteiger partial charge in [0.25, 0.3) is 0 Å². The summed E-state index contributed by atoms with van der Waals surface area (Å²) in [7, 11) is 0. The Morgan fingerprint density at radius 2 is 1.56 bits per heavy atom. The number of fused-ring (bicyclic) bond motifs is 3. The molecule has 0 radical (unpaired) electrons. The number of hydrogen-bond donors (Lipinski definition) is 2. The van der Waals surface area contributed by atoms with E-state index in [0.29, 0.717) is 12.8 Å². The highest BCUT2D eigenvalue weighted by molar-refractivity contribution is 5.86. The third-order valence-electron chi connectivity index (χ3n) is 6.75. The van der Waals surface area contributed by atoms with Gasteiger partial charge in [-0.25, -0.2) is 9.97 Å². The van der Waals surface area contributed by atoms with Gasteiger partial charge in [0.05, 0.1) is 17.0 Å². The van der Waals surface area contributed by atoms with Crippen LogP contribution in [-0.4, -0.2) is 35.3 Å². The predicted octanol–water partition coefficient (Wildman–Crippen LogP) is 4.27. The first-order chi connectivity index (χ1) is 16.4. The summed E-state index contributed by atoms with van der Waals surface area (Å²) in [5, 5.41) is 18.8. The van der Waals surface area contributed by atoms with Crippen LogP contribution in [0.15, 0.2) is 66.7 Å². The first kappa shape index (κ1) is 20.9. The molecule has 6 rings (SSSR count). The maximum atomic E-state index is 10.2. The van der Waals surface area contributed by atoms with E-state index in [1.54, 1.807) is 0 Å². The van der Waals surface area contributed by atoms with Crippen molar-refractivity contribution in [1.82, 2.24) is 24.6 Å². The van der Waals surface area contributed by atoms with E-state index in [9.17, 15) is 5.11 Å². The summed E-state index contributed by atoms with van der Waals surface area (Å²) in [4.78, 5) is 10.2. The molecule has 0 saturated heterocycles. The van der Waals surface area contributed by atoms with Gasteiger partial charge in [-0.3, -0.25) is 4.40 Å². The Balaban J connectivity index is 1.53. The summed E-state index contributed by atoms with van der Waals surface area (Å²) in [5.41, 5.74) is 12.3. The fraction of sp³-hybridized carbons (Fsp3) is 0.259. The fourth-order valence-electron chi connectivity index (χ4n) is 5.24. The average Bonchev–Trinajstić information content (AvgIpc) is 3.26. The normalized spacial score (nSPS) is 22.2. The molecule has 7 heteroatoms. The summed E-state index contributed by atoms with van der Waals surface area (Å²) in [6.07, 6.45) is 1.86. The standard InChI is InChI=1S/C27H26N6O/c1-3-21-31-32-22-14-13-20-25(33(21)22)30-24(17-7-5-4-6-8-17)23(29-20)18-9-11-19(12-10-18)27(28)15-26(2,34)16-27/h4-14,34H,3,15-16,28H2,1-2H3/t26-,27+. The lowest BCUT2D eigenvalue weighted by atomic mass is 9.63. The van der Waals surface area contributed by atoms with E-state index in [2.05, 4.69) is 17.1 Å². The molecule has 3 aromatic heterocycles. The second-order valence-electron chi connectivity index (χ2n) is 9.58. The molecule has 0 unspecified atom stereocenters. The van der Waals surface area contributed by atoms with Crippen molar-refractivity contribution in [2.75, 3.05) is 0 Å². The van der Waals surface area contributed by atoms with Crippen molar-refractivity contribution in [3.63, 3.8) is 0 Å². The molecule has 170 valence electrons. The lowest BCUT2D eigenvalue weighted by Gasteiger charge is -2.49. The van der Waals surface area contributed by atoms with Gasteiger partial charge >= 0.3 is 0 Å². The van der Waals surface area contributed by atoms with Crippen molar-refractivity contribution in [3.05, 3.63) is 78.1 Å². The summed E-state index contributed by atoms with van der Waals surface area (Å²) >= 11 is 0. The lowest BCUT2D eigenvalue weighted by molar-refractivity contribution is -0.0738. The highest BCUT2D eigenvalue weighted by Crippen LogP contribution is 2.46. The minimum atomic E-state index is -0.692. The number of nitrogens with zero attached hydrogens (tertiary/aromatic N) is 5. The molecule has 0 spiro atoms. The van der Waals surface area contributed by atoms with Gasteiger partial charge in [-0.2, -0.15) is 0 Å². The fourth-order valence-corrected chi connectivity index (χ4v) is 5.24. The average molecular weight is 451 g/mol. The second-order valence-corrected chi connectivity index (χ2v) is 9.58. The minimum absolute atomic E-state index is 0.490. The number of hydrogen-bond acceptors (Lipinski definition) is 6. The van der Waals surface area contributed by atoms with E-state index in [-0.39, 0.29) is 0 Å². The monoisotopic (exact) mass is 450 g/mol. The van der Waals surface area contributed by atoms with Gasteiger partial charge in [0.2, 0.25) is 0 Å². The number of aromatic nitrogens is 5. The van der Waals surface area contributed by atoms with Crippen LogP contribution in [0.4, 0.5) is 0 Å². The smallest absolute Gasteiger partial charge is 0.166 e. The lowest BCUT2D eigenvalue weighted by Crippen LogP contribution is -2.58. The quantitative estimate of drug-likeness (QED) is 0.424. The largest absolute Gasteiger partial charge is 0.390 e. The Bertz CT molecular complexity index is 1510. The van der Waals surface area contributed by atoms with E-state index in [4.69, 9.17) is 15.7 Å². The van der Waals surface area contributed by atoms with Crippen LogP contribution >= 0.6 is 0 Å². The summed E-state index contributed by atoms with van der Waals surface area (Å²) in [6, 6.07) is 22.2. The number of aliphatic hydroxyl groups is 1. The Morgan fingerprint density at radius 1 is 0.882 bits per heavy atom. The molecule has 5 aromatic rings. The van der Waals surface area contributed by atoms with Crippen molar-refractivity contribution in [1.29, 1.82) is 0 Å². The zero-order valence-corrected chi connectivity index (χ0v) is 19.2. The van der Waals surface area contributed by atoms with Gasteiger partial charge in [0, 0.05) is 23.1 Å². The van der Waals surface area contributed by atoms with Gasteiger partial charge in [-0.1, -0.05) is 61.5 Å². The summed E-state index contributed by atoms with van der Waals surface area (Å²) in [5.74, 6) is 0.857. The third kappa shape index (κ3) is 3.28. The van der Waals surface area contributed by atoms with Crippen LogP contribution in [0.5, 0.6) is 0 Å². The first-order valence-corrected chi connectivity index (χ1v) is 11.6. The van der Waals surface area contributed by atoms with Crippen molar-refractivity contribution < 1.29 is 5.11 Å². The second kappa shape index (κ2) is 7.41. The van der Waals surface area contributed by atoms with E-state index in [1.807, 2.05) is 78.1 Å². The molecule has 1 aliphatic rings. The van der Waals surface area contributed by atoms with E-state index >= 15 is 0 Å². The third-order valence-corrected chi connectivity index (χ3v) is 6.75. The Kier molecular flexibility index (Phi) is 4.56. The van der Waals surface area contributed by atoms with Crippen molar-refractivity contribution in [2.45, 2.75) is 44.2 Å². The number of benzene rings is 2. The molecule has 0 atom stereocenters. The van der Waals surface area contributed by atoms with Crippen molar-refractivity contribution in [2.24, 2.45) is 5.73 Å². The molecular formula is C27H26N6O. The molecule has 1 aliphatic carbocycles. The zero-order chi connectivity index (χ0) is 23.5. The van der Waals surface area contributed by atoms with E-state index in [0.717, 1.165) is 57.1 Å². The van der Waals surface area contributed by atoms with Gasteiger partial charge in [0.15, 0.2) is 11.3 Å². The number of nitrogens with two attached hydrogens (primary N) is 1. The topological polar surface area (TPSA) is 102 Å². The van der Waals surface area contributed by atoms with Crippen LogP contribution in [-0.2, 0) is 12.0 Å². The Morgan fingerprint density at radius 3 is 2.24 bits per heavy atom. The highest BCUT2D eigenvalue weighted by Gasteiger charge is 2.49. The minimum Gasteiger partial charge on any atom is -0.390 e. The number of aryl methyl sites for hydroxylation is 1. The molecule has 0 amide bonds. The maximum absolute atomic E-state index is 10.2. The highest BCUT2D eigenvalue weighted by atomic mass is 16.3. The van der Waals surface area contributed by atoms with Crippen LogP contribution < -0.4 is 5.73 Å². The van der Waals surface area contributed by atoms with Gasteiger partial charge in [0.1, 0.15) is 11.3 Å². The molecule has 2 aromatic carbocycles. The Labute approximate surface area is 197 Å². The van der Waals surface area contributed by atoms with E-state index in [1.165, 1.54) is 0 Å². The van der Waals surface area contributed by atoms with Gasteiger partial charge in [-0.15, -0.1) is 10.2 Å². The van der Waals surface area contributed by atoms with Crippen LogP contribution in [0.1, 0.15) is 38.1 Å². The van der Waals surface area contributed by atoms with Crippen molar-refractivity contribution >= 4 is 16.8 Å². The van der Waals surface area contributed by atoms with Crippen LogP contribution in [0.2, 0.25) is 0 Å². The number of rotatable bonds is 4. The summed E-state index contributed by atoms with van der Waals surface area (Å²) < 4.78 is 1.99. The van der Waals surface area contributed by atoms with Crippen molar-refractivity contribution in [3.8, 4) is 22.5 Å². The zero-order valence-electron chi connectivity index (χ0n) is 19.2. The molecular weight excluding hydrogens is 424 g/mol. The SMILES string of the molecule is CCc1nnc2ccc3nc(-c4ccc([C@]5(N)C[C@@](C)(O)C5)cc4)c(-c4ccccc4)nc3n12. The molecule has 3 heterocycles. The van der Waals surface area contributed by atoms with Crippen LogP contribution in [0, 0.1) is 0 Å². The predicted molar refractivity (Wildman–Crippen MR) is 132 cm³/mol. The van der Waals surface area contributed by atoms with Gasteiger partial charge < -0.3 is 10.8 Å². The van der Waals surface area contributed by atoms with Gasteiger partial charge in [-0.05, 0) is 37.5 Å². The molecule has 7 nitrogen and oxygen atoms in total. The molecule has 1 fully saturated rings. The first-order valence-electron chi connectivity index (χ1n) is 11.6. The molecule has 3 N–H and O–H groups in total. The van der Waals surface area contributed by atoms with Crippen LogP contribution in [0.3, 0.4) is 0 Å².